The number of carbonyl (C=O) groups is 2. The number of anilines is 1. The summed E-state index contributed by atoms with van der Waals surface area (Å²) in [7, 11) is 1.71. The van der Waals surface area contributed by atoms with Crippen LogP contribution in [0, 0.1) is 27.7 Å². The number of carbonyl (C=O) groups excluding carboxylic acids is 2. The zero-order valence-electron chi connectivity index (χ0n) is 16.9. The van der Waals surface area contributed by atoms with E-state index in [9.17, 15) is 9.59 Å². The molecule has 1 atom stereocenters. The molecule has 0 aliphatic carbocycles. The summed E-state index contributed by atoms with van der Waals surface area (Å²) in [4.78, 5) is 31.2. The third kappa shape index (κ3) is 4.44. The highest BCUT2D eigenvalue weighted by Crippen LogP contribution is 2.31. The zero-order valence-corrected chi connectivity index (χ0v) is 17.7. The summed E-state index contributed by atoms with van der Waals surface area (Å²) in [6.07, 6.45) is 0.118. The van der Waals surface area contributed by atoms with Gasteiger partial charge in [-0.1, -0.05) is 35.5 Å². The van der Waals surface area contributed by atoms with E-state index in [1.165, 1.54) is 22.2 Å². The molecule has 28 heavy (non-hydrogen) atoms. The monoisotopic (exact) mass is 395 g/mol. The molecule has 2 amide bonds. The van der Waals surface area contributed by atoms with Crippen molar-refractivity contribution in [2.45, 2.75) is 39.4 Å². The fourth-order valence-electron chi connectivity index (χ4n) is 3.03. The summed E-state index contributed by atoms with van der Waals surface area (Å²) in [5.74, 6) is -0.262. The average molecular weight is 396 g/mol. The number of nitrogens with one attached hydrogen (secondary N) is 1. The van der Waals surface area contributed by atoms with Crippen LogP contribution in [0.25, 0.3) is 0 Å². The number of rotatable bonds is 4. The first-order valence-corrected chi connectivity index (χ1v) is 10.1. The Kier molecular flexibility index (Phi) is 5.89. The van der Waals surface area contributed by atoms with Crippen LogP contribution in [0.1, 0.15) is 28.7 Å². The quantitative estimate of drug-likeness (QED) is 0.828. The Morgan fingerprint density at radius 3 is 2.50 bits per heavy atom. The third-order valence-electron chi connectivity index (χ3n) is 4.88. The lowest BCUT2D eigenvalue weighted by Crippen LogP contribution is -2.30. The molecular formula is C22H25N3O2S. The maximum Gasteiger partial charge on any atom is 0.242 e. The van der Waals surface area contributed by atoms with Gasteiger partial charge in [-0.2, -0.15) is 0 Å². The molecule has 1 heterocycles. The molecule has 2 aromatic carbocycles. The number of nitrogens with zero attached hydrogens (tertiary/aromatic N) is 2. The molecular weight excluding hydrogens is 370 g/mol. The van der Waals surface area contributed by atoms with Crippen molar-refractivity contribution >= 4 is 40.1 Å². The molecule has 0 aromatic heterocycles. The van der Waals surface area contributed by atoms with Crippen LogP contribution in [0.5, 0.6) is 0 Å². The van der Waals surface area contributed by atoms with Crippen LogP contribution in [-0.2, 0) is 9.59 Å². The van der Waals surface area contributed by atoms with Crippen molar-refractivity contribution in [1.82, 2.24) is 4.90 Å². The standard InChI is InChI=1S/C22H25N3O2S/c1-13-6-9-18(16(4)10-13)24-20(26)12-19-21(27)25(5)22(28-19)23-17-8-7-14(2)15(3)11-17/h6-11,19H,12H2,1-5H3,(H,24,26)/t19-/m1/s1. The molecule has 1 saturated heterocycles. The normalized spacial score (nSPS) is 18.0. The SMILES string of the molecule is Cc1ccc(NC(=O)C[C@H]2SC(=Nc3ccc(C)c(C)c3)N(C)C2=O)c(C)c1. The van der Waals surface area contributed by atoms with Crippen LogP contribution in [0.15, 0.2) is 41.4 Å². The van der Waals surface area contributed by atoms with E-state index in [1.807, 2.05) is 57.2 Å². The summed E-state index contributed by atoms with van der Waals surface area (Å²) >= 11 is 1.34. The molecule has 2 aromatic rings. The first kappa shape index (κ1) is 20.1. The Bertz CT molecular complexity index is 968. The highest BCUT2D eigenvalue weighted by Gasteiger charge is 2.37. The van der Waals surface area contributed by atoms with Gasteiger partial charge in [0.1, 0.15) is 5.25 Å². The van der Waals surface area contributed by atoms with Crippen LogP contribution in [-0.4, -0.2) is 34.2 Å². The second-order valence-corrected chi connectivity index (χ2v) is 8.41. The van der Waals surface area contributed by atoms with E-state index in [0.717, 1.165) is 28.1 Å². The minimum atomic E-state index is -0.457. The molecule has 1 aliphatic rings. The number of thioether (sulfide) groups is 1. The second-order valence-electron chi connectivity index (χ2n) is 7.24. The van der Waals surface area contributed by atoms with Crippen molar-refractivity contribution < 1.29 is 9.59 Å². The van der Waals surface area contributed by atoms with Crippen molar-refractivity contribution in [2.24, 2.45) is 4.99 Å². The van der Waals surface area contributed by atoms with E-state index in [0.29, 0.717) is 5.17 Å². The lowest BCUT2D eigenvalue weighted by molar-refractivity contribution is -0.127. The van der Waals surface area contributed by atoms with Gasteiger partial charge in [-0.25, -0.2) is 4.99 Å². The van der Waals surface area contributed by atoms with E-state index in [2.05, 4.69) is 17.2 Å². The predicted octanol–water partition coefficient (Wildman–Crippen LogP) is 4.51. The van der Waals surface area contributed by atoms with E-state index >= 15 is 0 Å². The van der Waals surface area contributed by atoms with E-state index in [4.69, 9.17) is 0 Å². The maximum atomic E-state index is 12.6. The Balaban J connectivity index is 1.69. The minimum Gasteiger partial charge on any atom is -0.326 e. The van der Waals surface area contributed by atoms with E-state index < -0.39 is 5.25 Å². The minimum absolute atomic E-state index is 0.0941. The molecule has 1 fully saturated rings. The van der Waals surface area contributed by atoms with Crippen LogP contribution >= 0.6 is 11.8 Å². The van der Waals surface area contributed by atoms with Gasteiger partial charge < -0.3 is 5.32 Å². The molecule has 3 rings (SSSR count). The zero-order chi connectivity index (χ0) is 20.4. The Morgan fingerprint density at radius 1 is 1.07 bits per heavy atom. The number of aryl methyl sites for hydroxylation is 4. The molecule has 0 saturated carbocycles. The number of hydrogen-bond donors (Lipinski definition) is 1. The molecule has 0 unspecified atom stereocenters. The smallest absolute Gasteiger partial charge is 0.242 e. The largest absolute Gasteiger partial charge is 0.326 e. The average Bonchev–Trinajstić information content (AvgIpc) is 2.88. The Hall–Kier alpha value is -2.60. The molecule has 1 aliphatic heterocycles. The van der Waals surface area contributed by atoms with Gasteiger partial charge in [0.05, 0.1) is 5.69 Å². The second kappa shape index (κ2) is 8.19. The number of aliphatic imine (C=N–C) groups is 1. The summed E-state index contributed by atoms with van der Waals surface area (Å²) in [5.41, 5.74) is 6.10. The van der Waals surface area contributed by atoms with Crippen molar-refractivity contribution in [2.75, 3.05) is 12.4 Å². The topological polar surface area (TPSA) is 61.8 Å². The molecule has 146 valence electrons. The summed E-state index contributed by atoms with van der Waals surface area (Å²) in [6, 6.07) is 11.8. The third-order valence-corrected chi connectivity index (χ3v) is 6.11. The van der Waals surface area contributed by atoms with Crippen LogP contribution in [0.4, 0.5) is 11.4 Å². The van der Waals surface area contributed by atoms with Gasteiger partial charge in [-0.3, -0.25) is 14.5 Å². The number of hydrogen-bond acceptors (Lipinski definition) is 4. The first-order valence-electron chi connectivity index (χ1n) is 9.22. The molecule has 1 N–H and O–H groups in total. The van der Waals surface area contributed by atoms with E-state index in [-0.39, 0.29) is 18.2 Å². The van der Waals surface area contributed by atoms with E-state index in [1.54, 1.807) is 7.05 Å². The molecule has 5 nitrogen and oxygen atoms in total. The Morgan fingerprint density at radius 2 is 1.82 bits per heavy atom. The van der Waals surface area contributed by atoms with Gasteiger partial charge in [-0.15, -0.1) is 0 Å². The van der Waals surface area contributed by atoms with Crippen LogP contribution < -0.4 is 5.32 Å². The van der Waals surface area contributed by atoms with Gasteiger partial charge in [0, 0.05) is 19.2 Å². The lowest BCUT2D eigenvalue weighted by Gasteiger charge is -2.11. The van der Waals surface area contributed by atoms with Crippen molar-refractivity contribution in [1.29, 1.82) is 0 Å². The van der Waals surface area contributed by atoms with Crippen molar-refractivity contribution in [3.05, 3.63) is 58.7 Å². The molecule has 6 heteroatoms. The molecule has 0 bridgehead atoms. The molecule has 0 radical (unpaired) electrons. The van der Waals surface area contributed by atoms with Gasteiger partial charge >= 0.3 is 0 Å². The number of benzene rings is 2. The highest BCUT2D eigenvalue weighted by atomic mass is 32.2. The van der Waals surface area contributed by atoms with Gasteiger partial charge in [-0.05, 0) is 62.6 Å². The van der Waals surface area contributed by atoms with Gasteiger partial charge in [0.15, 0.2) is 5.17 Å². The predicted molar refractivity (Wildman–Crippen MR) is 116 cm³/mol. The van der Waals surface area contributed by atoms with Crippen molar-refractivity contribution in [3.8, 4) is 0 Å². The lowest BCUT2D eigenvalue weighted by atomic mass is 10.1. The van der Waals surface area contributed by atoms with Crippen molar-refractivity contribution in [3.63, 3.8) is 0 Å². The van der Waals surface area contributed by atoms with Crippen LogP contribution in [0.2, 0.25) is 0 Å². The fraction of sp³-hybridized carbons (Fsp3) is 0.318. The number of amidine groups is 1. The highest BCUT2D eigenvalue weighted by molar-refractivity contribution is 8.15. The van der Waals surface area contributed by atoms with Crippen LogP contribution in [0.3, 0.4) is 0 Å². The van der Waals surface area contributed by atoms with Gasteiger partial charge in [0.25, 0.3) is 0 Å². The first-order chi connectivity index (χ1) is 13.2. The molecule has 0 spiro atoms. The fourth-order valence-corrected chi connectivity index (χ4v) is 4.18. The summed E-state index contributed by atoms with van der Waals surface area (Å²) in [5, 5.41) is 3.08. The number of amides is 2. The summed E-state index contributed by atoms with van der Waals surface area (Å²) < 4.78 is 0. The summed E-state index contributed by atoms with van der Waals surface area (Å²) in [6.45, 7) is 8.06. The Labute approximate surface area is 170 Å². The van der Waals surface area contributed by atoms with Gasteiger partial charge in [0.2, 0.25) is 11.8 Å². The maximum absolute atomic E-state index is 12.6.